The molecule has 0 spiro atoms. The Morgan fingerprint density at radius 2 is 1.80 bits per heavy atom. The predicted octanol–water partition coefficient (Wildman–Crippen LogP) is 1.13. The number of methoxy groups -OCH3 is 1. The number of piperidine rings is 1. The standard InChI is InChI=1S/C15H32N2O3/c1-3-7-17(15-5-4-6-16-14-15)8-9-19-12-13-20-11-10-18-2/h15-16H,3-14H2,1-2H3. The molecular formula is C15H32N2O3. The first-order valence-electron chi connectivity index (χ1n) is 7.97. The van der Waals surface area contributed by atoms with E-state index in [-0.39, 0.29) is 0 Å². The number of hydrogen-bond acceptors (Lipinski definition) is 5. The van der Waals surface area contributed by atoms with Gasteiger partial charge in [-0.15, -0.1) is 0 Å². The van der Waals surface area contributed by atoms with Crippen LogP contribution < -0.4 is 5.32 Å². The summed E-state index contributed by atoms with van der Waals surface area (Å²) in [6, 6.07) is 0.685. The van der Waals surface area contributed by atoms with Crippen molar-refractivity contribution in [3.05, 3.63) is 0 Å². The molecule has 1 aliphatic rings. The molecule has 1 saturated heterocycles. The molecule has 1 atom stereocenters. The van der Waals surface area contributed by atoms with Crippen LogP contribution in [0.4, 0.5) is 0 Å². The molecule has 20 heavy (non-hydrogen) atoms. The summed E-state index contributed by atoms with van der Waals surface area (Å²) in [5, 5.41) is 3.49. The van der Waals surface area contributed by atoms with Crippen LogP contribution in [0.3, 0.4) is 0 Å². The minimum atomic E-state index is 0.648. The molecule has 1 fully saturated rings. The highest BCUT2D eigenvalue weighted by atomic mass is 16.5. The van der Waals surface area contributed by atoms with E-state index in [4.69, 9.17) is 14.2 Å². The van der Waals surface area contributed by atoms with E-state index in [1.165, 1.54) is 32.4 Å². The lowest BCUT2D eigenvalue weighted by molar-refractivity contribution is 0.0154. The summed E-state index contributed by atoms with van der Waals surface area (Å²) in [5.74, 6) is 0. The van der Waals surface area contributed by atoms with Crippen LogP contribution in [0, 0.1) is 0 Å². The molecule has 1 unspecified atom stereocenters. The van der Waals surface area contributed by atoms with Gasteiger partial charge in [0.25, 0.3) is 0 Å². The fourth-order valence-corrected chi connectivity index (χ4v) is 2.56. The van der Waals surface area contributed by atoms with Gasteiger partial charge in [-0.1, -0.05) is 6.92 Å². The molecule has 5 heteroatoms. The molecular weight excluding hydrogens is 256 g/mol. The second kappa shape index (κ2) is 12.5. The van der Waals surface area contributed by atoms with E-state index in [1.54, 1.807) is 7.11 Å². The van der Waals surface area contributed by atoms with Crippen molar-refractivity contribution in [3.63, 3.8) is 0 Å². The maximum Gasteiger partial charge on any atom is 0.0701 e. The van der Waals surface area contributed by atoms with E-state index < -0.39 is 0 Å². The number of ether oxygens (including phenoxy) is 3. The molecule has 1 aliphatic heterocycles. The molecule has 0 aliphatic carbocycles. The minimum absolute atomic E-state index is 0.648. The average molecular weight is 288 g/mol. The molecule has 0 saturated carbocycles. The Balaban J connectivity index is 2.03. The quantitative estimate of drug-likeness (QED) is 0.545. The van der Waals surface area contributed by atoms with Crippen LogP contribution in [0.25, 0.3) is 0 Å². The molecule has 1 rings (SSSR count). The number of rotatable bonds is 12. The van der Waals surface area contributed by atoms with Gasteiger partial charge in [0.15, 0.2) is 0 Å². The summed E-state index contributed by atoms with van der Waals surface area (Å²) in [4.78, 5) is 2.57. The summed E-state index contributed by atoms with van der Waals surface area (Å²) < 4.78 is 15.9. The monoisotopic (exact) mass is 288 g/mol. The number of nitrogens with one attached hydrogen (secondary N) is 1. The molecule has 120 valence electrons. The number of nitrogens with zero attached hydrogens (tertiary/aromatic N) is 1. The Bertz CT molecular complexity index is 211. The van der Waals surface area contributed by atoms with Crippen molar-refractivity contribution in [1.82, 2.24) is 10.2 Å². The predicted molar refractivity (Wildman–Crippen MR) is 81.3 cm³/mol. The highest BCUT2D eigenvalue weighted by molar-refractivity contribution is 4.78. The van der Waals surface area contributed by atoms with Crippen LogP contribution in [-0.2, 0) is 14.2 Å². The minimum Gasteiger partial charge on any atom is -0.382 e. The summed E-state index contributed by atoms with van der Waals surface area (Å²) in [6.45, 7) is 10.2. The van der Waals surface area contributed by atoms with Gasteiger partial charge in [-0.05, 0) is 32.4 Å². The van der Waals surface area contributed by atoms with Crippen LogP contribution in [0.2, 0.25) is 0 Å². The third-order valence-corrected chi connectivity index (χ3v) is 3.62. The maximum absolute atomic E-state index is 5.65. The average Bonchev–Trinajstić information content (AvgIpc) is 2.50. The highest BCUT2D eigenvalue weighted by Gasteiger charge is 2.19. The summed E-state index contributed by atoms with van der Waals surface area (Å²) in [6.07, 6.45) is 3.81. The smallest absolute Gasteiger partial charge is 0.0701 e. The van der Waals surface area contributed by atoms with E-state index in [1.807, 2.05) is 0 Å². The Morgan fingerprint density at radius 3 is 2.45 bits per heavy atom. The second-order valence-electron chi connectivity index (χ2n) is 5.25. The van der Waals surface area contributed by atoms with E-state index in [0.717, 1.165) is 19.7 Å². The zero-order valence-corrected chi connectivity index (χ0v) is 13.2. The molecule has 1 heterocycles. The van der Waals surface area contributed by atoms with Crippen molar-refractivity contribution in [2.24, 2.45) is 0 Å². The highest BCUT2D eigenvalue weighted by Crippen LogP contribution is 2.10. The van der Waals surface area contributed by atoms with Crippen LogP contribution >= 0.6 is 0 Å². The fraction of sp³-hybridized carbons (Fsp3) is 1.00. The van der Waals surface area contributed by atoms with E-state index in [0.29, 0.717) is 32.5 Å². The molecule has 0 aromatic heterocycles. The lowest BCUT2D eigenvalue weighted by Gasteiger charge is -2.34. The largest absolute Gasteiger partial charge is 0.382 e. The fourth-order valence-electron chi connectivity index (χ4n) is 2.56. The lowest BCUT2D eigenvalue weighted by Crippen LogP contribution is -2.47. The van der Waals surface area contributed by atoms with E-state index >= 15 is 0 Å². The van der Waals surface area contributed by atoms with Gasteiger partial charge in [-0.25, -0.2) is 0 Å². The SMILES string of the molecule is CCCN(CCOCCOCCOC)C1CCCNC1. The van der Waals surface area contributed by atoms with Gasteiger partial charge in [-0.2, -0.15) is 0 Å². The molecule has 0 bridgehead atoms. The summed E-state index contributed by atoms with van der Waals surface area (Å²) >= 11 is 0. The van der Waals surface area contributed by atoms with Gasteiger partial charge in [0.2, 0.25) is 0 Å². The first-order chi connectivity index (χ1) is 9.88. The first kappa shape index (κ1) is 17.9. The first-order valence-corrected chi connectivity index (χ1v) is 7.97. The van der Waals surface area contributed by atoms with Crippen molar-refractivity contribution < 1.29 is 14.2 Å². The van der Waals surface area contributed by atoms with Crippen molar-refractivity contribution in [3.8, 4) is 0 Å². The Kier molecular flexibility index (Phi) is 11.2. The van der Waals surface area contributed by atoms with Crippen molar-refractivity contribution in [1.29, 1.82) is 0 Å². The molecule has 0 amide bonds. The molecule has 0 radical (unpaired) electrons. The maximum atomic E-state index is 5.65. The van der Waals surface area contributed by atoms with Gasteiger partial charge < -0.3 is 19.5 Å². The third-order valence-electron chi connectivity index (χ3n) is 3.62. The lowest BCUT2D eigenvalue weighted by atomic mass is 10.1. The van der Waals surface area contributed by atoms with Gasteiger partial charge >= 0.3 is 0 Å². The van der Waals surface area contributed by atoms with E-state index in [9.17, 15) is 0 Å². The zero-order valence-electron chi connectivity index (χ0n) is 13.2. The van der Waals surface area contributed by atoms with Crippen molar-refractivity contribution >= 4 is 0 Å². The molecule has 5 nitrogen and oxygen atoms in total. The second-order valence-corrected chi connectivity index (χ2v) is 5.25. The Labute approximate surface area is 123 Å². The van der Waals surface area contributed by atoms with Gasteiger partial charge in [0.1, 0.15) is 0 Å². The van der Waals surface area contributed by atoms with Crippen molar-refractivity contribution in [2.45, 2.75) is 32.2 Å². The third kappa shape index (κ3) is 8.17. The summed E-state index contributed by atoms with van der Waals surface area (Å²) in [7, 11) is 1.68. The van der Waals surface area contributed by atoms with Crippen LogP contribution in [0.5, 0.6) is 0 Å². The van der Waals surface area contributed by atoms with Gasteiger partial charge in [0, 0.05) is 26.2 Å². The van der Waals surface area contributed by atoms with Crippen molar-refractivity contribution in [2.75, 3.05) is 66.3 Å². The van der Waals surface area contributed by atoms with Crippen LogP contribution in [0.1, 0.15) is 26.2 Å². The normalized spacial score (nSPS) is 19.6. The molecule has 1 N–H and O–H groups in total. The summed E-state index contributed by atoms with van der Waals surface area (Å²) in [5.41, 5.74) is 0. The topological polar surface area (TPSA) is 43.0 Å². The Morgan fingerprint density at radius 1 is 1.05 bits per heavy atom. The Hall–Kier alpha value is -0.200. The van der Waals surface area contributed by atoms with Gasteiger partial charge in [0.05, 0.1) is 33.0 Å². The van der Waals surface area contributed by atoms with Gasteiger partial charge in [-0.3, -0.25) is 4.90 Å². The zero-order chi connectivity index (χ0) is 14.5. The molecule has 0 aromatic rings. The van der Waals surface area contributed by atoms with Crippen LogP contribution in [-0.4, -0.2) is 77.3 Å². The molecule has 0 aromatic carbocycles. The van der Waals surface area contributed by atoms with E-state index in [2.05, 4.69) is 17.1 Å². The van der Waals surface area contributed by atoms with Crippen LogP contribution in [0.15, 0.2) is 0 Å². The number of hydrogen-bond donors (Lipinski definition) is 1.